The summed E-state index contributed by atoms with van der Waals surface area (Å²) in [6, 6.07) is 18.1. The van der Waals surface area contributed by atoms with Gasteiger partial charge in [0.05, 0.1) is 51.6 Å². The molecule has 1 aliphatic carbocycles. The van der Waals surface area contributed by atoms with Crippen molar-refractivity contribution in [2.45, 2.75) is 136 Å². The number of carbonyl (C=O) groups is 5. The molecular weight excluding hydrogens is 1220 g/mol. The molecule has 11 rings (SSSR count). The van der Waals surface area contributed by atoms with E-state index in [9.17, 15) is 34.2 Å². The number of aliphatic hydroxyl groups excluding tert-OH is 1. The lowest BCUT2D eigenvalue weighted by Gasteiger charge is -2.38. The molecule has 3 aromatic carbocycles. The quantitative estimate of drug-likeness (QED) is 0.0352. The Bertz CT molecular complexity index is 3860. The van der Waals surface area contributed by atoms with Crippen molar-refractivity contribution in [2.75, 3.05) is 62.6 Å². The summed E-state index contributed by atoms with van der Waals surface area (Å²) in [4.78, 5) is 91.6. The lowest BCUT2D eigenvalue weighted by atomic mass is 9.78. The Morgan fingerprint density at radius 2 is 1.68 bits per heavy atom. The number of hydrogen-bond donors (Lipinski definition) is 5. The van der Waals surface area contributed by atoms with Crippen molar-refractivity contribution < 1.29 is 43.3 Å². The van der Waals surface area contributed by atoms with Crippen LogP contribution in [0.3, 0.4) is 0 Å². The molecule has 2 saturated heterocycles. The number of thiazole rings is 3. The normalized spacial score (nSPS) is 18.1. The largest absolute Gasteiger partial charge is 0.491 e. The number of halogens is 1. The highest BCUT2D eigenvalue weighted by molar-refractivity contribution is 7.22. The number of aliphatic hydroxyl groups is 1. The predicted molar refractivity (Wildman–Crippen MR) is 351 cm³/mol. The number of nitrogens with one attached hydrogen (secondary N) is 3. The molecule has 7 aromatic rings. The Kier molecular flexibility index (Phi) is 19.8. The molecule has 4 amide bonds. The first-order valence-electron chi connectivity index (χ1n) is 31.2. The summed E-state index contributed by atoms with van der Waals surface area (Å²) in [5.74, 6) is 4.70. The molecule has 4 aromatic heterocycles. The number of rotatable bonds is 20. The Morgan fingerprint density at radius 1 is 0.912 bits per heavy atom. The first kappa shape index (κ1) is 64.6. The zero-order chi connectivity index (χ0) is 64.1. The standard InChI is InChI=1S/C67H77FN12O8S3/c1-40-47-15-12-28-79(60(47)76-75-59(40)74-64-71-49-16-7-8-17-52(49)90-64)65-73-56(63(86)87)53(91-65)18-13-33-88-51-24-19-43(34-48(51)68)14-11-27-77-29-31-78(32-30-77)55(83)37-67(25-9-10-26-67)36-54(82)72-58(66(4,5)6)62(85)80-38-46(81)35-50(80)61(84)70-41(2)44-20-22-45(23-21-44)57-42(3)69-39-89-57/h7-8,16-17,19-24,34,39,41,46,50,58,81H,9-10,12-13,15,18,25-33,35-38H2,1-6H3,(H,70,84)(H,72,82)(H,86,87)(H,71,74,75)/t41-,46+,50-,58+/m0/s1. The number of β-amino-alcohol motifs (C(OH)–C–C–N with tert-alkyl or cyclic N) is 1. The number of carboxylic acids is 1. The molecule has 478 valence electrons. The van der Waals surface area contributed by atoms with Crippen molar-refractivity contribution in [2.24, 2.45) is 10.8 Å². The van der Waals surface area contributed by atoms with E-state index in [2.05, 4.69) is 57.8 Å². The molecule has 0 spiro atoms. The van der Waals surface area contributed by atoms with Crippen LogP contribution in [0.1, 0.15) is 135 Å². The van der Waals surface area contributed by atoms with E-state index in [0.29, 0.717) is 92.2 Å². The zero-order valence-electron chi connectivity index (χ0n) is 52.1. The highest BCUT2D eigenvalue weighted by atomic mass is 32.1. The summed E-state index contributed by atoms with van der Waals surface area (Å²) in [6.07, 6.45) is 5.03. The summed E-state index contributed by atoms with van der Waals surface area (Å²) in [7, 11) is 0. The highest BCUT2D eigenvalue weighted by Gasteiger charge is 2.46. The number of aromatic carboxylic acids is 1. The van der Waals surface area contributed by atoms with Crippen molar-refractivity contribution in [3.63, 3.8) is 0 Å². The molecular formula is C67H77FN12O8S3. The van der Waals surface area contributed by atoms with Gasteiger partial charge in [-0.2, -0.15) is 0 Å². The molecule has 20 nitrogen and oxygen atoms in total. The lowest BCUT2D eigenvalue weighted by Crippen LogP contribution is -2.58. The van der Waals surface area contributed by atoms with Crippen molar-refractivity contribution in [1.29, 1.82) is 0 Å². The van der Waals surface area contributed by atoms with E-state index in [-0.39, 0.29) is 67.6 Å². The number of ether oxygens (including phenoxy) is 1. The van der Waals surface area contributed by atoms with Gasteiger partial charge in [0.15, 0.2) is 39.2 Å². The van der Waals surface area contributed by atoms with Crippen molar-refractivity contribution in [3.05, 3.63) is 117 Å². The van der Waals surface area contributed by atoms with Crippen LogP contribution in [0, 0.1) is 42.3 Å². The Hall–Kier alpha value is -7.95. The van der Waals surface area contributed by atoms with E-state index >= 15 is 4.39 Å². The number of nitrogens with zero attached hydrogens (tertiary/aromatic N) is 9. The van der Waals surface area contributed by atoms with Gasteiger partial charge in [-0.15, -0.1) is 32.9 Å². The number of amides is 4. The molecule has 7 heterocycles. The van der Waals surface area contributed by atoms with Gasteiger partial charge in [0.25, 0.3) is 0 Å². The molecule has 4 aliphatic rings. The van der Waals surface area contributed by atoms with Gasteiger partial charge in [-0.1, -0.05) is 93.2 Å². The molecule has 0 radical (unpaired) electrons. The average Bonchev–Trinajstić information content (AvgIpc) is 1.99. The van der Waals surface area contributed by atoms with Crippen LogP contribution in [0.15, 0.2) is 72.2 Å². The SMILES string of the molecule is Cc1ncsc1-c1ccc([C@H](C)NC(=O)[C@@H]2C[C@@H](O)CN2C(=O)[C@@H](NC(=O)CC2(CC(=O)N3CCN(CC#Cc4ccc(OCCCc5sc(N6CCCc7c6nnc(Nc6nc8ccccc8s6)c7C)nc5C(=O)O)c(F)c4)CC3)CCCC2)C(C)(C)C)cc1. The monoisotopic (exact) mass is 1290 g/mol. The molecule has 0 bridgehead atoms. The molecule has 3 aliphatic heterocycles. The van der Waals surface area contributed by atoms with Gasteiger partial charge in [0, 0.05) is 80.1 Å². The van der Waals surface area contributed by atoms with Gasteiger partial charge < -0.3 is 45.6 Å². The Balaban J connectivity index is 0.625. The second-order valence-corrected chi connectivity index (χ2v) is 28.4. The van der Waals surface area contributed by atoms with Gasteiger partial charge in [-0.05, 0) is 112 Å². The number of para-hydroxylation sites is 1. The number of piperazine rings is 1. The minimum atomic E-state index is -1.13. The average molecular weight is 1290 g/mol. The smallest absolute Gasteiger partial charge is 0.355 e. The molecule has 5 N–H and O–H groups in total. The zero-order valence-corrected chi connectivity index (χ0v) is 54.6. The van der Waals surface area contributed by atoms with Crippen molar-refractivity contribution in [3.8, 4) is 28.0 Å². The minimum absolute atomic E-state index is 0.0141. The molecule has 3 fully saturated rings. The number of aromatic nitrogens is 5. The summed E-state index contributed by atoms with van der Waals surface area (Å²) in [5, 5.41) is 40.8. The molecule has 24 heteroatoms. The molecule has 91 heavy (non-hydrogen) atoms. The fourth-order valence-corrected chi connectivity index (χ4v) is 15.6. The summed E-state index contributed by atoms with van der Waals surface area (Å²) < 4.78 is 22.3. The second kappa shape index (κ2) is 27.9. The van der Waals surface area contributed by atoms with Crippen molar-refractivity contribution in [1.82, 2.24) is 50.5 Å². The van der Waals surface area contributed by atoms with E-state index in [1.54, 1.807) is 23.5 Å². The lowest BCUT2D eigenvalue weighted by molar-refractivity contribution is -0.144. The van der Waals surface area contributed by atoms with Gasteiger partial charge in [0.2, 0.25) is 23.6 Å². The maximum atomic E-state index is 15.4. The van der Waals surface area contributed by atoms with Crippen molar-refractivity contribution >= 4 is 95.7 Å². The van der Waals surface area contributed by atoms with Gasteiger partial charge in [0.1, 0.15) is 12.1 Å². The van der Waals surface area contributed by atoms with E-state index in [1.807, 2.05) is 105 Å². The van der Waals surface area contributed by atoms with Gasteiger partial charge in [-0.25, -0.2) is 24.1 Å². The van der Waals surface area contributed by atoms with Crippen LogP contribution in [0.5, 0.6) is 5.75 Å². The number of hydrogen-bond acceptors (Lipinski definition) is 18. The topological polar surface area (TPSA) is 249 Å². The minimum Gasteiger partial charge on any atom is -0.491 e. The fourth-order valence-electron chi connectivity index (χ4n) is 12.8. The van der Waals surface area contributed by atoms with Crippen LogP contribution in [0.4, 0.5) is 26.3 Å². The Labute approximate surface area is 541 Å². The van der Waals surface area contributed by atoms with E-state index in [0.717, 1.165) is 73.9 Å². The number of fused-ring (bicyclic) bond motifs is 2. The third-order valence-corrected chi connectivity index (χ3v) is 20.9. The van der Waals surface area contributed by atoms with Crippen LogP contribution in [-0.4, -0.2) is 150 Å². The number of likely N-dealkylation sites (tertiary alicyclic amines) is 1. The van der Waals surface area contributed by atoms with E-state index < -0.39 is 46.7 Å². The van der Waals surface area contributed by atoms with E-state index in [4.69, 9.17) is 4.74 Å². The number of benzene rings is 3. The maximum Gasteiger partial charge on any atom is 0.355 e. The second-order valence-electron chi connectivity index (χ2n) is 25.4. The van der Waals surface area contributed by atoms with Crippen LogP contribution < -0.4 is 25.6 Å². The number of carbonyl (C=O) groups excluding carboxylic acids is 4. The number of anilines is 4. The Morgan fingerprint density at radius 3 is 2.40 bits per heavy atom. The third kappa shape index (κ3) is 15.0. The maximum absolute atomic E-state index is 15.4. The molecule has 4 atom stereocenters. The first-order chi connectivity index (χ1) is 43.7. The fraction of sp³-hybridized carbons (Fsp3) is 0.463. The van der Waals surface area contributed by atoms with Crippen LogP contribution >= 0.6 is 34.0 Å². The summed E-state index contributed by atoms with van der Waals surface area (Å²) in [6.45, 7) is 14.7. The molecule has 0 unspecified atom stereocenters. The predicted octanol–water partition coefficient (Wildman–Crippen LogP) is 10.2. The first-order valence-corrected chi connectivity index (χ1v) is 33.7. The van der Waals surface area contributed by atoms with Gasteiger partial charge in [-0.3, -0.25) is 24.1 Å². The number of carboxylic acid groups (broad SMARTS) is 1. The van der Waals surface area contributed by atoms with Crippen LogP contribution in [-0.2, 0) is 32.0 Å². The number of aryl methyl sites for hydroxylation is 2. The van der Waals surface area contributed by atoms with E-state index in [1.165, 1.54) is 33.6 Å². The third-order valence-electron chi connectivity index (χ3n) is 17.8. The summed E-state index contributed by atoms with van der Waals surface area (Å²) >= 11 is 4.41. The highest BCUT2D eigenvalue weighted by Crippen LogP contribution is 2.45. The summed E-state index contributed by atoms with van der Waals surface area (Å²) in [5.41, 5.74) is 6.70. The van der Waals surface area contributed by atoms with Crippen LogP contribution in [0.2, 0.25) is 0 Å². The molecule has 1 saturated carbocycles. The van der Waals surface area contributed by atoms with Crippen LogP contribution in [0.25, 0.3) is 20.7 Å². The van der Waals surface area contributed by atoms with Gasteiger partial charge >= 0.3 is 5.97 Å².